The monoisotopic (exact) mass is 459 g/mol. The van der Waals surface area contributed by atoms with Crippen LogP contribution in [0.25, 0.3) is 0 Å². The van der Waals surface area contributed by atoms with Crippen molar-refractivity contribution in [2.75, 3.05) is 39.3 Å². The van der Waals surface area contributed by atoms with Gasteiger partial charge in [-0.05, 0) is 31.2 Å². The van der Waals surface area contributed by atoms with Crippen LogP contribution in [0.5, 0.6) is 0 Å². The molecule has 1 N–H and O–H groups in total. The number of carbonyl (C=O) groups is 3. The summed E-state index contributed by atoms with van der Waals surface area (Å²) in [7, 11) is -3.61. The maximum absolute atomic E-state index is 12.6. The van der Waals surface area contributed by atoms with Crippen molar-refractivity contribution in [3.8, 4) is 0 Å². The number of nitrogens with zero attached hydrogens (tertiary/aromatic N) is 2. The van der Waals surface area contributed by atoms with Crippen molar-refractivity contribution in [3.63, 3.8) is 0 Å². The average molecular weight is 460 g/mol. The van der Waals surface area contributed by atoms with Crippen molar-refractivity contribution >= 4 is 27.8 Å². The normalized spacial score (nSPS) is 14.6. The molecule has 1 fully saturated rings. The molecule has 9 nitrogen and oxygen atoms in total. The highest BCUT2D eigenvalue weighted by molar-refractivity contribution is 7.89. The van der Waals surface area contributed by atoms with Crippen LogP contribution in [0, 0.1) is 6.92 Å². The maximum atomic E-state index is 12.6. The van der Waals surface area contributed by atoms with E-state index in [-0.39, 0.29) is 37.6 Å². The quantitative estimate of drug-likeness (QED) is 0.613. The van der Waals surface area contributed by atoms with Crippen molar-refractivity contribution in [2.45, 2.75) is 11.8 Å². The molecule has 2 aromatic rings. The summed E-state index contributed by atoms with van der Waals surface area (Å²) in [6.07, 6.45) is 0. The lowest BCUT2D eigenvalue weighted by molar-refractivity contribution is -0.151. The molecule has 2 aromatic carbocycles. The first-order valence-electron chi connectivity index (χ1n) is 10.1. The molecule has 10 heteroatoms. The van der Waals surface area contributed by atoms with Gasteiger partial charge in [-0.1, -0.05) is 35.9 Å². The smallest absolute Gasteiger partial charge is 0.325 e. The van der Waals surface area contributed by atoms with Crippen LogP contribution in [0.3, 0.4) is 0 Å². The van der Waals surface area contributed by atoms with Crippen molar-refractivity contribution in [2.24, 2.45) is 0 Å². The number of piperazine rings is 1. The van der Waals surface area contributed by atoms with Gasteiger partial charge in [-0.3, -0.25) is 14.4 Å². The Morgan fingerprint density at radius 1 is 0.969 bits per heavy atom. The van der Waals surface area contributed by atoms with Gasteiger partial charge in [0, 0.05) is 31.7 Å². The fourth-order valence-corrected chi connectivity index (χ4v) is 4.69. The number of benzene rings is 2. The first-order valence-corrected chi connectivity index (χ1v) is 11.5. The van der Waals surface area contributed by atoms with Gasteiger partial charge in [-0.25, -0.2) is 8.42 Å². The average Bonchev–Trinajstić information content (AvgIpc) is 2.81. The summed E-state index contributed by atoms with van der Waals surface area (Å²) in [5.41, 5.74) is 1.35. The lowest BCUT2D eigenvalue weighted by Crippen LogP contribution is -2.51. The van der Waals surface area contributed by atoms with E-state index in [1.54, 1.807) is 36.4 Å². The number of aryl methyl sites for hydroxylation is 1. The molecule has 0 radical (unpaired) electrons. The Balaban J connectivity index is 1.41. The van der Waals surface area contributed by atoms with Crippen LogP contribution in [0.4, 0.5) is 0 Å². The number of hydrogen-bond donors (Lipinski definition) is 1. The molecule has 0 unspecified atom stereocenters. The summed E-state index contributed by atoms with van der Waals surface area (Å²) in [6.45, 7) is 1.74. The zero-order valence-corrected chi connectivity index (χ0v) is 18.5. The largest absolute Gasteiger partial charge is 0.454 e. The summed E-state index contributed by atoms with van der Waals surface area (Å²) in [4.78, 5) is 37.9. The summed E-state index contributed by atoms with van der Waals surface area (Å²) in [6, 6.07) is 15.0. The van der Waals surface area contributed by atoms with E-state index in [9.17, 15) is 22.8 Å². The molecule has 0 saturated carbocycles. The molecule has 170 valence electrons. The van der Waals surface area contributed by atoms with Gasteiger partial charge in [-0.2, -0.15) is 4.31 Å². The molecule has 1 aliphatic rings. The zero-order chi connectivity index (χ0) is 23.1. The SMILES string of the molecule is Cc1cccc(C(=O)NCC(=O)OCC(=O)N2CCN(S(=O)(=O)c3ccccc3)CC2)c1. The van der Waals surface area contributed by atoms with Crippen LogP contribution in [-0.4, -0.2) is 74.7 Å². The minimum Gasteiger partial charge on any atom is -0.454 e. The highest BCUT2D eigenvalue weighted by atomic mass is 32.2. The van der Waals surface area contributed by atoms with Gasteiger partial charge in [-0.15, -0.1) is 0 Å². The topological polar surface area (TPSA) is 113 Å². The lowest BCUT2D eigenvalue weighted by Gasteiger charge is -2.33. The third kappa shape index (κ3) is 5.92. The third-order valence-electron chi connectivity index (χ3n) is 5.00. The Labute approximate surface area is 187 Å². The Hall–Kier alpha value is -3.24. The number of nitrogens with one attached hydrogen (secondary N) is 1. The van der Waals surface area contributed by atoms with Gasteiger partial charge in [0.15, 0.2) is 6.61 Å². The van der Waals surface area contributed by atoms with E-state index in [0.717, 1.165) is 5.56 Å². The lowest BCUT2D eigenvalue weighted by atomic mass is 10.1. The van der Waals surface area contributed by atoms with Gasteiger partial charge in [0.05, 0.1) is 4.90 Å². The molecule has 3 rings (SSSR count). The number of hydrogen-bond acceptors (Lipinski definition) is 6. The zero-order valence-electron chi connectivity index (χ0n) is 17.7. The van der Waals surface area contributed by atoms with Gasteiger partial charge >= 0.3 is 5.97 Å². The molecule has 0 aliphatic carbocycles. The number of sulfonamides is 1. The molecular formula is C22H25N3O6S. The molecule has 1 saturated heterocycles. The number of ether oxygens (including phenoxy) is 1. The van der Waals surface area contributed by atoms with Crippen molar-refractivity contribution in [1.29, 1.82) is 0 Å². The standard InChI is InChI=1S/C22H25N3O6S/c1-17-6-5-7-18(14-17)22(28)23-15-21(27)31-16-20(26)24-10-12-25(13-11-24)32(29,30)19-8-3-2-4-9-19/h2-9,14H,10-13,15-16H2,1H3,(H,23,28). The van der Waals surface area contributed by atoms with Crippen molar-refractivity contribution in [3.05, 3.63) is 65.7 Å². The van der Waals surface area contributed by atoms with Crippen LogP contribution in [0.15, 0.2) is 59.5 Å². The molecular weight excluding hydrogens is 434 g/mol. The number of amides is 2. The first-order chi connectivity index (χ1) is 15.3. The summed E-state index contributed by atoms with van der Waals surface area (Å²) in [5, 5.41) is 2.46. The highest BCUT2D eigenvalue weighted by Crippen LogP contribution is 2.17. The van der Waals surface area contributed by atoms with Crippen LogP contribution in [0.1, 0.15) is 15.9 Å². The minimum atomic E-state index is -3.61. The fourth-order valence-electron chi connectivity index (χ4n) is 3.24. The van der Waals surface area contributed by atoms with Crippen LogP contribution >= 0.6 is 0 Å². The highest BCUT2D eigenvalue weighted by Gasteiger charge is 2.30. The molecule has 0 atom stereocenters. The van der Waals surface area contributed by atoms with Crippen LogP contribution in [0.2, 0.25) is 0 Å². The molecule has 1 aliphatic heterocycles. The molecule has 1 heterocycles. The number of esters is 1. The molecule has 0 spiro atoms. The molecule has 32 heavy (non-hydrogen) atoms. The minimum absolute atomic E-state index is 0.156. The van der Waals surface area contributed by atoms with E-state index < -0.39 is 34.4 Å². The Bertz CT molecular complexity index is 1080. The second-order valence-corrected chi connectivity index (χ2v) is 9.25. The van der Waals surface area contributed by atoms with Crippen molar-refractivity contribution < 1.29 is 27.5 Å². The van der Waals surface area contributed by atoms with Gasteiger partial charge in [0.25, 0.3) is 11.8 Å². The first kappa shape index (κ1) is 23.4. The predicted molar refractivity (Wildman–Crippen MR) is 116 cm³/mol. The third-order valence-corrected chi connectivity index (χ3v) is 6.92. The number of carbonyl (C=O) groups excluding carboxylic acids is 3. The summed E-state index contributed by atoms with van der Waals surface area (Å²) in [5.74, 6) is -1.56. The Morgan fingerprint density at radius 2 is 1.66 bits per heavy atom. The van der Waals surface area contributed by atoms with Crippen LogP contribution < -0.4 is 5.32 Å². The van der Waals surface area contributed by atoms with Crippen LogP contribution in [-0.2, 0) is 24.3 Å². The van der Waals surface area contributed by atoms with E-state index in [0.29, 0.717) is 5.56 Å². The van der Waals surface area contributed by atoms with Gasteiger partial charge < -0.3 is 15.0 Å². The molecule has 2 amide bonds. The second-order valence-electron chi connectivity index (χ2n) is 7.31. The van der Waals surface area contributed by atoms with Gasteiger partial charge in [0.2, 0.25) is 10.0 Å². The fraction of sp³-hybridized carbons (Fsp3) is 0.318. The van der Waals surface area contributed by atoms with Crippen molar-refractivity contribution in [1.82, 2.24) is 14.5 Å². The number of rotatable bonds is 7. The van der Waals surface area contributed by atoms with E-state index in [1.807, 2.05) is 13.0 Å². The van der Waals surface area contributed by atoms with E-state index >= 15 is 0 Å². The predicted octanol–water partition coefficient (Wildman–Crippen LogP) is 0.801. The second kappa shape index (κ2) is 10.4. The molecule has 0 bridgehead atoms. The summed E-state index contributed by atoms with van der Waals surface area (Å²) < 4.78 is 31.6. The Morgan fingerprint density at radius 3 is 2.31 bits per heavy atom. The van der Waals surface area contributed by atoms with E-state index in [4.69, 9.17) is 4.74 Å². The van der Waals surface area contributed by atoms with Gasteiger partial charge in [0.1, 0.15) is 6.54 Å². The molecule has 0 aromatic heterocycles. The Kier molecular flexibility index (Phi) is 7.60. The van der Waals surface area contributed by atoms with E-state index in [2.05, 4.69) is 5.32 Å². The van der Waals surface area contributed by atoms with E-state index in [1.165, 1.54) is 21.3 Å². The maximum Gasteiger partial charge on any atom is 0.325 e. The summed E-state index contributed by atoms with van der Waals surface area (Å²) >= 11 is 0.